The maximum atomic E-state index is 13.9. The van der Waals surface area contributed by atoms with Gasteiger partial charge in [0.2, 0.25) is 10.0 Å². The smallest absolute Gasteiger partial charge is 0.312 e. The number of imidazole rings is 1. The molecule has 0 fully saturated rings. The molecule has 2 aromatic heterocycles. The van der Waals surface area contributed by atoms with Crippen molar-refractivity contribution in [3.05, 3.63) is 44.3 Å². The summed E-state index contributed by atoms with van der Waals surface area (Å²) in [5.41, 5.74) is 10.2. The number of hydrogen-bond donors (Lipinski definition) is 2. The van der Waals surface area contributed by atoms with E-state index in [0.717, 1.165) is 28.4 Å². The second-order valence-corrected chi connectivity index (χ2v) is 11.1. The maximum absolute atomic E-state index is 13.9. The quantitative estimate of drug-likeness (QED) is 0.340. The average molecular weight is 558 g/mol. The Hall–Kier alpha value is -1.86. The first kappa shape index (κ1) is 22.3. The monoisotopic (exact) mass is 558 g/mol. The molecule has 8 nitrogen and oxygen atoms in total. The van der Waals surface area contributed by atoms with Crippen molar-refractivity contribution in [2.45, 2.75) is 52.1 Å². The highest BCUT2D eigenvalue weighted by Gasteiger charge is 2.21. The lowest BCUT2D eigenvalue weighted by Crippen LogP contribution is -2.33. The van der Waals surface area contributed by atoms with E-state index < -0.39 is 16.1 Å². The van der Waals surface area contributed by atoms with E-state index in [4.69, 9.17) is 5.73 Å². The third-order valence-electron chi connectivity index (χ3n) is 5.28. The first-order valence-electron chi connectivity index (χ1n) is 10.1. The molecule has 0 saturated carbocycles. The van der Waals surface area contributed by atoms with Gasteiger partial charge in [0.05, 0.1) is 5.75 Å². The molecule has 4 rings (SSSR count). The lowest BCUT2D eigenvalue weighted by atomic mass is 10.0. The Bertz CT molecular complexity index is 1260. The third kappa shape index (κ3) is 4.82. The van der Waals surface area contributed by atoms with Crippen molar-refractivity contribution in [1.82, 2.24) is 24.2 Å². The summed E-state index contributed by atoms with van der Waals surface area (Å²) in [5, 5.41) is 0. The van der Waals surface area contributed by atoms with E-state index in [1.54, 1.807) is 18.4 Å². The number of nitrogen functional groups attached to an aromatic ring is 1. The highest BCUT2D eigenvalue weighted by atomic mass is 127. The largest absolute Gasteiger partial charge is 0.382 e. The van der Waals surface area contributed by atoms with Crippen molar-refractivity contribution in [1.29, 1.82) is 0 Å². The standard InChI is InChI=1S/C20H24FIN6O2S/c1-11(2)27-31(29,30)7-6-28-16(24-17-18(23)25-20(21)26-19(17)28)10-14-8-12-4-3-5-13(12)9-15(14)22/h8-9,11,27H,3-7,10H2,1-2H3,(H2,23,25,26). The normalized spacial score (nSPS) is 14.0. The summed E-state index contributed by atoms with van der Waals surface area (Å²) in [6, 6.07) is 4.18. The van der Waals surface area contributed by atoms with Gasteiger partial charge in [0.25, 0.3) is 0 Å². The fraction of sp³-hybridized carbons (Fsp3) is 0.450. The molecule has 0 spiro atoms. The highest BCUT2D eigenvalue weighted by molar-refractivity contribution is 14.1. The number of nitrogens with two attached hydrogens (primary N) is 1. The van der Waals surface area contributed by atoms with Crippen LogP contribution in [-0.4, -0.2) is 39.7 Å². The molecule has 0 aliphatic heterocycles. The van der Waals surface area contributed by atoms with Crippen molar-refractivity contribution in [2.24, 2.45) is 0 Å². The molecule has 1 aromatic carbocycles. The SMILES string of the molecule is CC(C)NS(=O)(=O)CCn1c(Cc2cc3c(cc2I)CCC3)nc2c(N)nc(F)nc21. The number of benzene rings is 1. The fourth-order valence-electron chi connectivity index (χ4n) is 3.99. The average Bonchev–Trinajstić information content (AvgIpc) is 3.23. The van der Waals surface area contributed by atoms with Crippen LogP contribution in [0.1, 0.15) is 42.8 Å². The van der Waals surface area contributed by atoms with Crippen LogP contribution in [-0.2, 0) is 35.8 Å². The third-order valence-corrected chi connectivity index (χ3v) is 7.84. The summed E-state index contributed by atoms with van der Waals surface area (Å²) in [6.07, 6.45) is 2.79. The molecule has 0 amide bonds. The van der Waals surface area contributed by atoms with Crippen molar-refractivity contribution >= 4 is 49.6 Å². The topological polar surface area (TPSA) is 116 Å². The van der Waals surface area contributed by atoms with Crippen molar-refractivity contribution in [3.8, 4) is 0 Å². The molecular weight excluding hydrogens is 534 g/mol. The molecule has 3 N–H and O–H groups in total. The zero-order chi connectivity index (χ0) is 22.3. The summed E-state index contributed by atoms with van der Waals surface area (Å²) < 4.78 is 44.0. The van der Waals surface area contributed by atoms with E-state index in [1.165, 1.54) is 11.1 Å². The lowest BCUT2D eigenvalue weighted by molar-refractivity contribution is 0.542. The number of nitrogens with zero attached hydrogens (tertiary/aromatic N) is 4. The summed E-state index contributed by atoms with van der Waals surface area (Å²) >= 11 is 2.31. The number of aromatic nitrogens is 4. The number of rotatable bonds is 7. The Kier molecular flexibility index (Phi) is 6.19. The molecule has 1 aliphatic carbocycles. The van der Waals surface area contributed by atoms with Crippen LogP contribution in [0, 0.1) is 9.65 Å². The zero-order valence-electron chi connectivity index (χ0n) is 17.3. The molecule has 0 radical (unpaired) electrons. The Morgan fingerprint density at radius 3 is 2.65 bits per heavy atom. The number of halogens is 2. The molecule has 0 unspecified atom stereocenters. The van der Waals surface area contributed by atoms with Crippen molar-refractivity contribution in [3.63, 3.8) is 0 Å². The van der Waals surface area contributed by atoms with Crippen LogP contribution in [0.3, 0.4) is 0 Å². The summed E-state index contributed by atoms with van der Waals surface area (Å²) in [6.45, 7) is 3.59. The first-order chi connectivity index (χ1) is 14.6. The number of nitrogens with one attached hydrogen (secondary N) is 1. The van der Waals surface area contributed by atoms with Gasteiger partial charge in [0.15, 0.2) is 17.0 Å². The van der Waals surface area contributed by atoms with E-state index in [0.29, 0.717) is 12.2 Å². The predicted molar refractivity (Wildman–Crippen MR) is 126 cm³/mol. The minimum Gasteiger partial charge on any atom is -0.382 e. The molecular formula is C20H24FIN6O2S. The molecule has 31 heavy (non-hydrogen) atoms. The second kappa shape index (κ2) is 8.58. The number of fused-ring (bicyclic) bond motifs is 2. The Morgan fingerprint density at radius 2 is 1.94 bits per heavy atom. The van der Waals surface area contributed by atoms with Gasteiger partial charge in [-0.3, -0.25) is 0 Å². The van der Waals surface area contributed by atoms with E-state index in [9.17, 15) is 12.8 Å². The second-order valence-electron chi connectivity index (χ2n) is 8.06. The maximum Gasteiger partial charge on any atom is 0.312 e. The van der Waals surface area contributed by atoms with Gasteiger partial charge in [-0.15, -0.1) is 0 Å². The minimum atomic E-state index is -3.52. The lowest BCUT2D eigenvalue weighted by Gasteiger charge is -2.13. The van der Waals surface area contributed by atoms with E-state index in [-0.39, 0.29) is 35.3 Å². The molecule has 3 aromatic rings. The minimum absolute atomic E-state index is 0.0608. The first-order valence-corrected chi connectivity index (χ1v) is 12.8. The Balaban J connectivity index is 1.74. The zero-order valence-corrected chi connectivity index (χ0v) is 20.3. The van der Waals surface area contributed by atoms with E-state index in [2.05, 4.69) is 54.4 Å². The number of aryl methyl sites for hydroxylation is 3. The van der Waals surface area contributed by atoms with Gasteiger partial charge in [-0.1, -0.05) is 6.07 Å². The van der Waals surface area contributed by atoms with Crippen LogP contribution in [0.25, 0.3) is 11.2 Å². The van der Waals surface area contributed by atoms with Gasteiger partial charge < -0.3 is 10.3 Å². The molecule has 11 heteroatoms. The van der Waals surface area contributed by atoms with Crippen LogP contribution in [0.15, 0.2) is 12.1 Å². The van der Waals surface area contributed by atoms with Gasteiger partial charge in [0, 0.05) is 22.6 Å². The van der Waals surface area contributed by atoms with Crippen LogP contribution < -0.4 is 10.5 Å². The highest BCUT2D eigenvalue weighted by Crippen LogP contribution is 2.29. The summed E-state index contributed by atoms with van der Waals surface area (Å²) in [5.74, 6) is 0.336. The summed E-state index contributed by atoms with van der Waals surface area (Å²) in [4.78, 5) is 12.0. The Labute approximate surface area is 194 Å². The van der Waals surface area contributed by atoms with Gasteiger partial charge in [-0.05, 0) is 78.5 Å². The molecule has 0 atom stereocenters. The van der Waals surface area contributed by atoms with Crippen LogP contribution in [0.2, 0.25) is 0 Å². The molecule has 2 heterocycles. The molecule has 0 saturated heterocycles. The van der Waals surface area contributed by atoms with Crippen molar-refractivity contribution < 1.29 is 12.8 Å². The predicted octanol–water partition coefficient (Wildman–Crippen LogP) is 2.56. The summed E-state index contributed by atoms with van der Waals surface area (Å²) in [7, 11) is -3.52. The van der Waals surface area contributed by atoms with Gasteiger partial charge in [0.1, 0.15) is 5.82 Å². The van der Waals surface area contributed by atoms with Gasteiger partial charge in [-0.2, -0.15) is 14.4 Å². The van der Waals surface area contributed by atoms with Gasteiger partial charge >= 0.3 is 6.08 Å². The van der Waals surface area contributed by atoms with E-state index >= 15 is 0 Å². The Morgan fingerprint density at radius 1 is 1.23 bits per heavy atom. The van der Waals surface area contributed by atoms with Crippen LogP contribution >= 0.6 is 22.6 Å². The molecule has 0 bridgehead atoms. The van der Waals surface area contributed by atoms with Gasteiger partial charge in [-0.25, -0.2) is 18.1 Å². The number of hydrogen-bond acceptors (Lipinski definition) is 6. The molecule has 166 valence electrons. The fourth-order valence-corrected chi connectivity index (χ4v) is 5.97. The van der Waals surface area contributed by atoms with Crippen molar-refractivity contribution in [2.75, 3.05) is 11.5 Å². The van der Waals surface area contributed by atoms with E-state index in [1.807, 2.05) is 0 Å². The number of anilines is 1. The van der Waals surface area contributed by atoms with Crippen LogP contribution in [0.4, 0.5) is 10.2 Å². The van der Waals surface area contributed by atoms with Crippen LogP contribution in [0.5, 0.6) is 0 Å². The molecule has 1 aliphatic rings. The number of sulfonamides is 1.